The summed E-state index contributed by atoms with van der Waals surface area (Å²) in [7, 11) is 0. The summed E-state index contributed by atoms with van der Waals surface area (Å²) in [5.74, 6) is -0.440. The fourth-order valence-electron chi connectivity index (χ4n) is 2.18. The van der Waals surface area contributed by atoms with Crippen LogP contribution in [-0.2, 0) is 16.1 Å². The summed E-state index contributed by atoms with van der Waals surface area (Å²) in [6.45, 7) is 0.254. The number of hydrogen-bond donors (Lipinski definition) is 1. The van der Waals surface area contributed by atoms with Crippen LogP contribution < -0.4 is 5.32 Å². The summed E-state index contributed by atoms with van der Waals surface area (Å²) in [5, 5.41) is 2.94. The van der Waals surface area contributed by atoms with E-state index >= 15 is 0 Å². The Morgan fingerprint density at radius 2 is 1.75 bits per heavy atom. The highest BCUT2D eigenvalue weighted by Gasteiger charge is 2.23. The van der Waals surface area contributed by atoms with Gasteiger partial charge < -0.3 is 10.1 Å². The summed E-state index contributed by atoms with van der Waals surface area (Å²) in [4.78, 5) is 23.6. The van der Waals surface area contributed by atoms with Crippen molar-refractivity contribution in [2.75, 3.05) is 0 Å². The number of nitrogens with one attached hydrogen (secondary N) is 1. The number of amides is 1. The molecule has 0 bridgehead atoms. The molecule has 0 atom stereocenters. The average Bonchev–Trinajstić information content (AvgIpc) is 3.43. The van der Waals surface area contributed by atoms with Crippen molar-refractivity contribution in [1.29, 1.82) is 0 Å². The molecule has 1 aliphatic rings. The van der Waals surface area contributed by atoms with Crippen LogP contribution in [0.4, 0.5) is 0 Å². The fraction of sp³-hybridized carbons (Fsp3) is 0.200. The second-order valence-electron chi connectivity index (χ2n) is 5.80. The van der Waals surface area contributed by atoms with Crippen molar-refractivity contribution in [3.63, 3.8) is 0 Å². The van der Waals surface area contributed by atoms with Crippen LogP contribution in [0.3, 0.4) is 0 Å². The molecular formula is C20H19NO3. The molecule has 0 aromatic heterocycles. The molecule has 4 nitrogen and oxygen atoms in total. The largest absolute Gasteiger partial charge is 0.458 e. The van der Waals surface area contributed by atoms with Crippen LogP contribution in [0.1, 0.15) is 34.3 Å². The minimum Gasteiger partial charge on any atom is -0.458 e. The van der Waals surface area contributed by atoms with Crippen molar-refractivity contribution < 1.29 is 14.3 Å². The number of hydrogen-bond acceptors (Lipinski definition) is 3. The molecule has 1 fully saturated rings. The Bertz CT molecular complexity index is 731. The van der Waals surface area contributed by atoms with Gasteiger partial charge in [-0.2, -0.15) is 0 Å². The Morgan fingerprint density at radius 1 is 1.04 bits per heavy atom. The van der Waals surface area contributed by atoms with Gasteiger partial charge >= 0.3 is 5.97 Å². The lowest BCUT2D eigenvalue weighted by Gasteiger charge is -2.03. The van der Waals surface area contributed by atoms with Crippen LogP contribution in [0.15, 0.2) is 60.7 Å². The van der Waals surface area contributed by atoms with Gasteiger partial charge in [-0.15, -0.1) is 0 Å². The maximum Gasteiger partial charge on any atom is 0.331 e. The second kappa shape index (κ2) is 7.59. The summed E-state index contributed by atoms with van der Waals surface area (Å²) in [5.41, 5.74) is 2.42. The molecule has 0 aliphatic heterocycles. The fourth-order valence-corrected chi connectivity index (χ4v) is 2.18. The molecule has 122 valence electrons. The number of benzene rings is 2. The zero-order valence-electron chi connectivity index (χ0n) is 13.3. The van der Waals surface area contributed by atoms with Crippen LogP contribution in [-0.4, -0.2) is 17.9 Å². The predicted molar refractivity (Wildman–Crippen MR) is 92.2 cm³/mol. The van der Waals surface area contributed by atoms with E-state index < -0.39 is 5.97 Å². The first-order valence-electron chi connectivity index (χ1n) is 8.00. The molecular weight excluding hydrogens is 302 g/mol. The van der Waals surface area contributed by atoms with Gasteiger partial charge in [0.25, 0.3) is 5.91 Å². The summed E-state index contributed by atoms with van der Waals surface area (Å²) < 4.78 is 5.17. The number of carbonyl (C=O) groups is 2. The van der Waals surface area contributed by atoms with E-state index in [0.29, 0.717) is 11.6 Å². The molecule has 3 rings (SSSR count). The maximum atomic E-state index is 11.9. The van der Waals surface area contributed by atoms with Crippen LogP contribution >= 0.6 is 0 Å². The van der Waals surface area contributed by atoms with Crippen molar-refractivity contribution in [2.45, 2.75) is 25.5 Å². The van der Waals surface area contributed by atoms with Gasteiger partial charge in [-0.1, -0.05) is 42.5 Å². The minimum atomic E-state index is -0.394. The van der Waals surface area contributed by atoms with Crippen LogP contribution in [0, 0.1) is 0 Å². The first-order chi connectivity index (χ1) is 11.7. The molecule has 1 amide bonds. The van der Waals surface area contributed by atoms with Crippen molar-refractivity contribution in [2.24, 2.45) is 0 Å². The van der Waals surface area contributed by atoms with E-state index in [0.717, 1.165) is 24.0 Å². The molecule has 1 saturated carbocycles. The summed E-state index contributed by atoms with van der Waals surface area (Å²) in [6.07, 6.45) is 5.20. The zero-order valence-corrected chi connectivity index (χ0v) is 13.3. The van der Waals surface area contributed by atoms with Gasteiger partial charge in [-0.05, 0) is 42.2 Å². The SMILES string of the molecule is O=C(/C=C/c1ccc(C(=O)NC2CC2)cc1)OCc1ccccc1. The Morgan fingerprint density at radius 3 is 2.42 bits per heavy atom. The van der Waals surface area contributed by atoms with Gasteiger partial charge in [-0.3, -0.25) is 4.79 Å². The van der Waals surface area contributed by atoms with E-state index in [9.17, 15) is 9.59 Å². The Kier molecular flexibility index (Phi) is 5.06. The Hall–Kier alpha value is -2.88. The molecule has 1 N–H and O–H groups in total. The normalized spacial score (nSPS) is 13.7. The lowest BCUT2D eigenvalue weighted by molar-refractivity contribution is -0.138. The van der Waals surface area contributed by atoms with E-state index in [-0.39, 0.29) is 12.5 Å². The topological polar surface area (TPSA) is 55.4 Å². The molecule has 0 spiro atoms. The number of carbonyl (C=O) groups excluding carboxylic acids is 2. The highest BCUT2D eigenvalue weighted by Crippen LogP contribution is 2.19. The third kappa shape index (κ3) is 4.81. The van der Waals surface area contributed by atoms with E-state index in [1.807, 2.05) is 42.5 Å². The Balaban J connectivity index is 1.50. The smallest absolute Gasteiger partial charge is 0.331 e. The molecule has 1 aliphatic carbocycles. The van der Waals surface area contributed by atoms with Gasteiger partial charge in [0, 0.05) is 17.7 Å². The van der Waals surface area contributed by atoms with Gasteiger partial charge in [0.05, 0.1) is 0 Å². The molecule has 2 aromatic carbocycles. The van der Waals surface area contributed by atoms with Crippen molar-refractivity contribution in [1.82, 2.24) is 5.32 Å². The predicted octanol–water partition coefficient (Wildman–Crippen LogP) is 3.34. The molecule has 0 unspecified atom stereocenters. The van der Waals surface area contributed by atoms with Gasteiger partial charge in [-0.25, -0.2) is 4.79 Å². The number of ether oxygens (including phenoxy) is 1. The highest BCUT2D eigenvalue weighted by molar-refractivity contribution is 5.95. The molecule has 24 heavy (non-hydrogen) atoms. The standard InChI is InChI=1S/C20H19NO3/c22-19(24-14-16-4-2-1-3-5-16)13-8-15-6-9-17(10-7-15)20(23)21-18-11-12-18/h1-10,13,18H,11-12,14H2,(H,21,23)/b13-8+. The third-order valence-electron chi connectivity index (χ3n) is 3.72. The molecule has 0 heterocycles. The summed E-state index contributed by atoms with van der Waals surface area (Å²) >= 11 is 0. The minimum absolute atomic E-state index is 0.0460. The van der Waals surface area contributed by atoms with Crippen LogP contribution in [0.5, 0.6) is 0 Å². The molecule has 4 heteroatoms. The monoisotopic (exact) mass is 321 g/mol. The lowest BCUT2D eigenvalue weighted by atomic mass is 10.1. The van der Waals surface area contributed by atoms with Crippen molar-refractivity contribution in [3.05, 3.63) is 77.4 Å². The first-order valence-corrected chi connectivity index (χ1v) is 8.00. The molecule has 2 aromatic rings. The van der Waals surface area contributed by atoms with E-state index in [1.165, 1.54) is 6.08 Å². The Labute approximate surface area is 141 Å². The average molecular weight is 321 g/mol. The van der Waals surface area contributed by atoms with Crippen LogP contribution in [0.2, 0.25) is 0 Å². The van der Waals surface area contributed by atoms with Gasteiger partial charge in [0.15, 0.2) is 0 Å². The van der Waals surface area contributed by atoms with Gasteiger partial charge in [0.2, 0.25) is 0 Å². The van der Waals surface area contributed by atoms with E-state index in [2.05, 4.69) is 5.32 Å². The number of rotatable bonds is 6. The third-order valence-corrected chi connectivity index (χ3v) is 3.72. The first kappa shape index (κ1) is 16.0. The highest BCUT2D eigenvalue weighted by atomic mass is 16.5. The van der Waals surface area contributed by atoms with Crippen molar-refractivity contribution >= 4 is 18.0 Å². The second-order valence-corrected chi connectivity index (χ2v) is 5.80. The molecule has 0 radical (unpaired) electrons. The maximum absolute atomic E-state index is 11.9. The summed E-state index contributed by atoms with van der Waals surface area (Å²) in [6, 6.07) is 17.0. The van der Waals surface area contributed by atoms with Gasteiger partial charge in [0.1, 0.15) is 6.61 Å². The lowest BCUT2D eigenvalue weighted by Crippen LogP contribution is -2.25. The van der Waals surface area contributed by atoms with E-state index in [1.54, 1.807) is 18.2 Å². The molecule has 0 saturated heterocycles. The zero-order chi connectivity index (χ0) is 16.8. The number of esters is 1. The van der Waals surface area contributed by atoms with E-state index in [4.69, 9.17) is 4.74 Å². The van der Waals surface area contributed by atoms with Crippen molar-refractivity contribution in [3.8, 4) is 0 Å². The van der Waals surface area contributed by atoms with Crippen LogP contribution in [0.25, 0.3) is 6.08 Å². The quantitative estimate of drug-likeness (QED) is 0.656.